The van der Waals surface area contributed by atoms with Gasteiger partial charge in [0.05, 0.1) is 5.56 Å². The summed E-state index contributed by atoms with van der Waals surface area (Å²) in [6.07, 6.45) is -3.83. The second kappa shape index (κ2) is 7.69. The van der Waals surface area contributed by atoms with E-state index in [0.717, 1.165) is 17.4 Å². The minimum atomic E-state index is -4.41. The molecular weight excluding hydrogens is 373 g/mol. The van der Waals surface area contributed by atoms with E-state index in [1.165, 1.54) is 19.9 Å². The molecule has 1 saturated carbocycles. The summed E-state index contributed by atoms with van der Waals surface area (Å²) in [6, 6.07) is 9.96. The van der Waals surface area contributed by atoms with Gasteiger partial charge in [0.15, 0.2) is 0 Å². The Morgan fingerprint density at radius 2 is 1.86 bits per heavy atom. The van der Waals surface area contributed by atoms with Gasteiger partial charge in [-0.25, -0.2) is 4.79 Å². The summed E-state index contributed by atoms with van der Waals surface area (Å²) in [7, 11) is 0. The van der Waals surface area contributed by atoms with E-state index >= 15 is 0 Å². The molecule has 1 atom stereocenters. The number of esters is 1. The van der Waals surface area contributed by atoms with Gasteiger partial charge >= 0.3 is 12.1 Å². The molecule has 0 radical (unpaired) electrons. The third-order valence-electron chi connectivity index (χ3n) is 4.62. The van der Waals surface area contributed by atoms with E-state index in [0.29, 0.717) is 11.3 Å². The standard InChI is InChI=1S/C20H21F3N2O3/c1-12-10-16(13(2)25(12)11-20(21,22)23)19(27)28-17(14-6-4-3-5-7-14)18(26)24-15-8-9-15/h3-7,10,15,17H,8-9,11H2,1-2H3,(H,24,26)/t17-/m1/s1. The van der Waals surface area contributed by atoms with E-state index in [9.17, 15) is 22.8 Å². The summed E-state index contributed by atoms with van der Waals surface area (Å²) in [5.41, 5.74) is 0.953. The number of aryl methyl sites for hydroxylation is 1. The first-order valence-corrected chi connectivity index (χ1v) is 8.95. The molecule has 28 heavy (non-hydrogen) atoms. The Balaban J connectivity index is 1.84. The van der Waals surface area contributed by atoms with Crippen molar-refractivity contribution < 1.29 is 27.5 Å². The molecule has 3 rings (SSSR count). The minimum Gasteiger partial charge on any atom is -0.444 e. The zero-order chi connectivity index (χ0) is 20.5. The van der Waals surface area contributed by atoms with Crippen LogP contribution < -0.4 is 5.32 Å². The third kappa shape index (κ3) is 4.74. The highest BCUT2D eigenvalue weighted by atomic mass is 19.4. The summed E-state index contributed by atoms with van der Waals surface area (Å²) < 4.78 is 44.8. The van der Waals surface area contributed by atoms with E-state index in [2.05, 4.69) is 5.32 Å². The SMILES string of the molecule is Cc1cc(C(=O)O[C@@H](C(=O)NC2CC2)c2ccccc2)c(C)n1CC(F)(F)F. The Bertz CT molecular complexity index is 871. The first kappa shape index (κ1) is 20.0. The van der Waals surface area contributed by atoms with Crippen LogP contribution in [-0.2, 0) is 16.1 Å². The van der Waals surface area contributed by atoms with Gasteiger partial charge in [-0.1, -0.05) is 30.3 Å². The number of carbonyl (C=O) groups excluding carboxylic acids is 2. The lowest BCUT2D eigenvalue weighted by Gasteiger charge is -2.18. The number of ether oxygens (including phenoxy) is 1. The summed E-state index contributed by atoms with van der Waals surface area (Å²) >= 11 is 0. The molecule has 1 heterocycles. The topological polar surface area (TPSA) is 60.3 Å². The van der Waals surface area contributed by atoms with Crippen LogP contribution >= 0.6 is 0 Å². The quantitative estimate of drug-likeness (QED) is 0.758. The molecule has 1 aromatic carbocycles. The average molecular weight is 394 g/mol. The van der Waals surface area contributed by atoms with Crippen molar-refractivity contribution in [1.29, 1.82) is 0 Å². The smallest absolute Gasteiger partial charge is 0.406 e. The third-order valence-corrected chi connectivity index (χ3v) is 4.62. The molecule has 150 valence electrons. The molecule has 1 aromatic heterocycles. The predicted molar refractivity (Wildman–Crippen MR) is 95.7 cm³/mol. The van der Waals surface area contributed by atoms with Crippen molar-refractivity contribution in [2.45, 2.75) is 51.6 Å². The van der Waals surface area contributed by atoms with Crippen LogP contribution in [0.15, 0.2) is 36.4 Å². The molecule has 1 fully saturated rings. The Labute approximate surface area is 160 Å². The maximum atomic E-state index is 12.8. The van der Waals surface area contributed by atoms with E-state index < -0.39 is 30.7 Å². The summed E-state index contributed by atoms with van der Waals surface area (Å²) in [5.74, 6) is -1.27. The van der Waals surface area contributed by atoms with Crippen molar-refractivity contribution in [2.24, 2.45) is 0 Å². The second-order valence-corrected chi connectivity index (χ2v) is 6.97. The highest BCUT2D eigenvalue weighted by Crippen LogP contribution is 2.27. The van der Waals surface area contributed by atoms with Gasteiger partial charge in [-0.2, -0.15) is 13.2 Å². The number of amides is 1. The molecule has 0 saturated heterocycles. The fourth-order valence-corrected chi connectivity index (χ4v) is 3.01. The van der Waals surface area contributed by atoms with Crippen LogP contribution in [0.3, 0.4) is 0 Å². The van der Waals surface area contributed by atoms with E-state index in [4.69, 9.17) is 4.74 Å². The number of carbonyl (C=O) groups is 2. The molecule has 0 unspecified atom stereocenters. The van der Waals surface area contributed by atoms with Crippen LogP contribution in [0.25, 0.3) is 0 Å². The molecule has 5 nitrogen and oxygen atoms in total. The zero-order valence-corrected chi connectivity index (χ0v) is 15.5. The highest BCUT2D eigenvalue weighted by Gasteiger charge is 2.33. The minimum absolute atomic E-state index is 0.0157. The lowest BCUT2D eigenvalue weighted by molar-refractivity contribution is -0.141. The lowest BCUT2D eigenvalue weighted by Crippen LogP contribution is -2.33. The average Bonchev–Trinajstić information content (AvgIpc) is 3.40. The number of aromatic nitrogens is 1. The van der Waals surface area contributed by atoms with E-state index in [-0.39, 0.29) is 17.3 Å². The van der Waals surface area contributed by atoms with Crippen molar-refractivity contribution >= 4 is 11.9 Å². The fourth-order valence-electron chi connectivity index (χ4n) is 3.01. The van der Waals surface area contributed by atoms with Gasteiger partial charge in [-0.05, 0) is 32.8 Å². The maximum absolute atomic E-state index is 12.8. The lowest BCUT2D eigenvalue weighted by atomic mass is 10.1. The Morgan fingerprint density at radius 3 is 2.43 bits per heavy atom. The first-order chi connectivity index (χ1) is 13.2. The number of nitrogens with one attached hydrogen (secondary N) is 1. The molecule has 1 amide bonds. The Kier molecular flexibility index (Phi) is 5.49. The van der Waals surface area contributed by atoms with Gasteiger partial charge in [-0.15, -0.1) is 0 Å². The van der Waals surface area contributed by atoms with Gasteiger partial charge in [0, 0.05) is 23.0 Å². The van der Waals surface area contributed by atoms with Crippen LogP contribution in [0, 0.1) is 13.8 Å². The van der Waals surface area contributed by atoms with Crippen LogP contribution in [0.1, 0.15) is 46.3 Å². The van der Waals surface area contributed by atoms with Crippen molar-refractivity contribution in [2.75, 3.05) is 0 Å². The molecule has 0 bridgehead atoms. The molecule has 0 spiro atoms. The Hall–Kier alpha value is -2.77. The number of nitrogens with zero attached hydrogens (tertiary/aromatic N) is 1. The number of alkyl halides is 3. The zero-order valence-electron chi connectivity index (χ0n) is 15.5. The molecule has 1 aliphatic carbocycles. The summed E-state index contributed by atoms with van der Waals surface area (Å²) in [6.45, 7) is 1.73. The largest absolute Gasteiger partial charge is 0.444 e. The van der Waals surface area contributed by atoms with Crippen molar-refractivity contribution in [1.82, 2.24) is 9.88 Å². The molecule has 0 aliphatic heterocycles. The summed E-state index contributed by atoms with van der Waals surface area (Å²) in [4.78, 5) is 25.3. The van der Waals surface area contributed by atoms with Gasteiger partial charge in [0.2, 0.25) is 6.10 Å². The molecule has 1 N–H and O–H groups in total. The van der Waals surface area contributed by atoms with Gasteiger partial charge in [0.1, 0.15) is 6.54 Å². The number of hydrogen-bond donors (Lipinski definition) is 1. The number of halogens is 3. The normalized spacial score (nSPS) is 15.2. The summed E-state index contributed by atoms with van der Waals surface area (Å²) in [5, 5.41) is 2.80. The van der Waals surface area contributed by atoms with Crippen LogP contribution in [0.4, 0.5) is 13.2 Å². The first-order valence-electron chi connectivity index (χ1n) is 8.95. The monoisotopic (exact) mass is 394 g/mol. The van der Waals surface area contributed by atoms with E-state index in [1.54, 1.807) is 30.3 Å². The molecule has 2 aromatic rings. The van der Waals surface area contributed by atoms with Gasteiger partial charge in [-0.3, -0.25) is 4.79 Å². The predicted octanol–water partition coefficient (Wildman–Crippen LogP) is 3.84. The fraction of sp³-hybridized carbons (Fsp3) is 0.400. The maximum Gasteiger partial charge on any atom is 0.406 e. The van der Waals surface area contributed by atoms with Crippen LogP contribution in [-0.4, -0.2) is 28.7 Å². The van der Waals surface area contributed by atoms with E-state index in [1.807, 2.05) is 0 Å². The van der Waals surface area contributed by atoms with Gasteiger partial charge in [0.25, 0.3) is 5.91 Å². The van der Waals surface area contributed by atoms with Gasteiger partial charge < -0.3 is 14.6 Å². The van der Waals surface area contributed by atoms with Crippen molar-refractivity contribution in [3.05, 3.63) is 58.9 Å². The van der Waals surface area contributed by atoms with Crippen molar-refractivity contribution in [3.8, 4) is 0 Å². The second-order valence-electron chi connectivity index (χ2n) is 6.97. The molecule has 1 aliphatic rings. The molecular formula is C20H21F3N2O3. The number of benzene rings is 1. The van der Waals surface area contributed by atoms with Crippen molar-refractivity contribution in [3.63, 3.8) is 0 Å². The highest BCUT2D eigenvalue weighted by molar-refractivity contribution is 5.94. The number of hydrogen-bond acceptors (Lipinski definition) is 3. The molecule has 8 heteroatoms. The van der Waals surface area contributed by atoms with Crippen LogP contribution in [0.2, 0.25) is 0 Å². The Morgan fingerprint density at radius 1 is 1.21 bits per heavy atom. The number of rotatable bonds is 6. The van der Waals surface area contributed by atoms with Crippen LogP contribution in [0.5, 0.6) is 0 Å².